The molecule has 0 saturated heterocycles. The van der Waals surface area contributed by atoms with Crippen LogP contribution in [0.2, 0.25) is 0 Å². The summed E-state index contributed by atoms with van der Waals surface area (Å²) in [4.78, 5) is 0. The third kappa shape index (κ3) is 4.44. The average molecular weight is 274 g/mol. The molecule has 2 rings (SSSR count). The zero-order valence-corrected chi connectivity index (χ0v) is 12.4. The Labute approximate surface area is 127 Å². The van der Waals surface area contributed by atoms with Gasteiger partial charge in [0.2, 0.25) is 0 Å². The second kappa shape index (κ2) is 7.22. The van der Waals surface area contributed by atoms with Gasteiger partial charge in [-0.1, -0.05) is 44.0 Å². The molecule has 0 amide bonds. The number of ether oxygens (including phenoxy) is 1. The van der Waals surface area contributed by atoms with Gasteiger partial charge in [-0.3, -0.25) is 0 Å². The molecule has 0 N–H and O–H groups in total. The van der Waals surface area contributed by atoms with E-state index in [1.165, 1.54) is 0 Å². The number of hydrogen-bond donors (Lipinski definition) is 0. The van der Waals surface area contributed by atoms with Crippen molar-refractivity contribution in [3.8, 4) is 41.1 Å². The Kier molecular flexibility index (Phi) is 5.08. The normalized spacial score (nSPS) is 9.62. The van der Waals surface area contributed by atoms with Crippen LogP contribution in [0.15, 0.2) is 48.5 Å². The van der Waals surface area contributed by atoms with E-state index in [0.29, 0.717) is 5.92 Å². The van der Waals surface area contributed by atoms with Crippen LogP contribution in [0, 0.1) is 30.1 Å². The Morgan fingerprint density at radius 1 is 1.05 bits per heavy atom. The quantitative estimate of drug-likeness (QED) is 0.752. The Morgan fingerprint density at radius 3 is 2.48 bits per heavy atom. The first-order chi connectivity index (χ1) is 10.2. The summed E-state index contributed by atoms with van der Waals surface area (Å²) >= 11 is 0. The molecule has 0 heterocycles. The van der Waals surface area contributed by atoms with Gasteiger partial charge in [-0.05, 0) is 53.2 Å². The predicted molar refractivity (Wildman–Crippen MR) is 87.9 cm³/mol. The van der Waals surface area contributed by atoms with E-state index in [1.807, 2.05) is 36.4 Å². The molecule has 104 valence electrons. The third-order valence-corrected chi connectivity index (χ3v) is 2.91. The molecule has 0 spiro atoms. The molecule has 2 aromatic rings. The Balaban J connectivity index is 2.18. The van der Waals surface area contributed by atoms with Gasteiger partial charge in [0.1, 0.15) is 5.75 Å². The molecule has 21 heavy (non-hydrogen) atoms. The largest absolute Gasteiger partial charge is 0.493 e. The van der Waals surface area contributed by atoms with Crippen molar-refractivity contribution >= 4 is 0 Å². The van der Waals surface area contributed by atoms with Crippen molar-refractivity contribution in [3.63, 3.8) is 0 Å². The fourth-order valence-electron chi connectivity index (χ4n) is 1.88. The Hall–Kier alpha value is -2.64. The highest BCUT2D eigenvalue weighted by molar-refractivity contribution is 5.66. The summed E-state index contributed by atoms with van der Waals surface area (Å²) in [7, 11) is 0. The molecule has 0 unspecified atom stereocenters. The Bertz CT molecular complexity index is 691. The lowest BCUT2D eigenvalue weighted by Gasteiger charge is -2.10. The number of hydrogen-bond acceptors (Lipinski definition) is 1. The van der Waals surface area contributed by atoms with Crippen molar-refractivity contribution in [3.05, 3.63) is 54.1 Å². The van der Waals surface area contributed by atoms with Gasteiger partial charge in [0.15, 0.2) is 0 Å². The van der Waals surface area contributed by atoms with Crippen LogP contribution in [0.25, 0.3) is 11.1 Å². The number of benzene rings is 2. The van der Waals surface area contributed by atoms with Crippen molar-refractivity contribution in [2.45, 2.75) is 13.8 Å². The van der Waals surface area contributed by atoms with Crippen molar-refractivity contribution in [1.29, 1.82) is 0 Å². The lowest BCUT2D eigenvalue weighted by atomic mass is 10.0. The average Bonchev–Trinajstić information content (AvgIpc) is 2.52. The van der Waals surface area contributed by atoms with Gasteiger partial charge >= 0.3 is 0 Å². The Morgan fingerprint density at radius 2 is 1.81 bits per heavy atom. The second-order valence-corrected chi connectivity index (χ2v) is 5.20. The summed E-state index contributed by atoms with van der Waals surface area (Å²) < 4.78 is 5.76. The molecule has 0 atom stereocenters. The van der Waals surface area contributed by atoms with E-state index in [1.54, 1.807) is 0 Å². The third-order valence-electron chi connectivity index (χ3n) is 2.91. The van der Waals surface area contributed by atoms with E-state index < -0.39 is 0 Å². The fraction of sp³-hybridized carbons (Fsp3) is 0.200. The van der Waals surface area contributed by atoms with Crippen molar-refractivity contribution in [2.24, 2.45) is 5.92 Å². The highest BCUT2D eigenvalue weighted by atomic mass is 16.5. The summed E-state index contributed by atoms with van der Waals surface area (Å²) in [6.45, 7) is 5.00. The molecule has 2 aromatic carbocycles. The molecule has 0 fully saturated rings. The minimum atomic E-state index is 0.516. The zero-order valence-electron chi connectivity index (χ0n) is 12.4. The molecule has 0 aromatic heterocycles. The standard InChI is InChI=1S/C20H18O/c1-4-5-7-17-10-12-18(13-11-17)19-8-6-9-20(14-19)21-15-16(2)3/h1,6,8-14,16H,15H2,2-3H3. The van der Waals surface area contributed by atoms with Crippen LogP contribution in [-0.2, 0) is 0 Å². The first-order valence-electron chi connectivity index (χ1n) is 6.99. The topological polar surface area (TPSA) is 9.23 Å². The van der Waals surface area contributed by atoms with Gasteiger partial charge in [0.05, 0.1) is 6.61 Å². The van der Waals surface area contributed by atoms with Crippen LogP contribution in [0.5, 0.6) is 5.75 Å². The summed E-state index contributed by atoms with van der Waals surface area (Å²) in [5.74, 6) is 9.26. The van der Waals surface area contributed by atoms with Crippen LogP contribution in [-0.4, -0.2) is 6.61 Å². The van der Waals surface area contributed by atoms with E-state index in [-0.39, 0.29) is 0 Å². The van der Waals surface area contributed by atoms with Gasteiger partial charge in [0, 0.05) is 5.56 Å². The molecular weight excluding hydrogens is 256 g/mol. The molecular formula is C20H18O. The van der Waals surface area contributed by atoms with Crippen LogP contribution >= 0.6 is 0 Å². The van der Waals surface area contributed by atoms with Gasteiger partial charge in [-0.15, -0.1) is 6.42 Å². The van der Waals surface area contributed by atoms with Crippen LogP contribution in [0.1, 0.15) is 19.4 Å². The molecule has 0 aliphatic carbocycles. The highest BCUT2D eigenvalue weighted by Gasteiger charge is 2.01. The summed E-state index contributed by atoms with van der Waals surface area (Å²) in [6, 6.07) is 16.2. The smallest absolute Gasteiger partial charge is 0.119 e. The predicted octanol–water partition coefficient (Wildman–Crippen LogP) is 4.37. The van der Waals surface area contributed by atoms with Crippen molar-refractivity contribution in [1.82, 2.24) is 0 Å². The molecule has 0 bridgehead atoms. The van der Waals surface area contributed by atoms with E-state index in [0.717, 1.165) is 29.0 Å². The molecule has 0 aliphatic rings. The summed E-state index contributed by atoms with van der Waals surface area (Å²) in [6.07, 6.45) is 5.13. The first kappa shape index (κ1) is 14.8. The first-order valence-corrected chi connectivity index (χ1v) is 6.99. The minimum Gasteiger partial charge on any atom is -0.493 e. The number of rotatable bonds is 4. The summed E-state index contributed by atoms with van der Waals surface area (Å²) in [5.41, 5.74) is 3.19. The fourth-order valence-corrected chi connectivity index (χ4v) is 1.88. The molecule has 1 nitrogen and oxygen atoms in total. The maximum absolute atomic E-state index is 5.76. The molecule has 0 saturated carbocycles. The van der Waals surface area contributed by atoms with Crippen molar-refractivity contribution < 1.29 is 4.74 Å². The molecule has 0 aliphatic heterocycles. The van der Waals surface area contributed by atoms with E-state index >= 15 is 0 Å². The van der Waals surface area contributed by atoms with Gasteiger partial charge in [0.25, 0.3) is 0 Å². The lowest BCUT2D eigenvalue weighted by Crippen LogP contribution is -2.04. The minimum absolute atomic E-state index is 0.516. The molecule has 1 heteroatoms. The highest BCUT2D eigenvalue weighted by Crippen LogP contribution is 2.24. The molecule has 0 radical (unpaired) electrons. The maximum atomic E-state index is 5.76. The second-order valence-electron chi connectivity index (χ2n) is 5.20. The van der Waals surface area contributed by atoms with Crippen LogP contribution in [0.4, 0.5) is 0 Å². The van der Waals surface area contributed by atoms with Crippen molar-refractivity contribution in [2.75, 3.05) is 6.61 Å². The van der Waals surface area contributed by atoms with Crippen LogP contribution < -0.4 is 4.74 Å². The van der Waals surface area contributed by atoms with E-state index in [9.17, 15) is 0 Å². The lowest BCUT2D eigenvalue weighted by molar-refractivity contribution is 0.271. The maximum Gasteiger partial charge on any atom is 0.119 e. The SMILES string of the molecule is C#CC#Cc1ccc(-c2cccc(OCC(C)C)c2)cc1. The monoisotopic (exact) mass is 274 g/mol. The van der Waals surface area contributed by atoms with E-state index in [2.05, 4.69) is 43.7 Å². The summed E-state index contributed by atoms with van der Waals surface area (Å²) in [5, 5.41) is 0. The van der Waals surface area contributed by atoms with Gasteiger partial charge in [-0.25, -0.2) is 0 Å². The van der Waals surface area contributed by atoms with E-state index in [4.69, 9.17) is 11.2 Å². The number of terminal acetylenes is 1. The van der Waals surface area contributed by atoms with Gasteiger partial charge in [-0.2, -0.15) is 0 Å². The van der Waals surface area contributed by atoms with Crippen LogP contribution in [0.3, 0.4) is 0 Å². The zero-order chi connectivity index (χ0) is 15.1. The van der Waals surface area contributed by atoms with Gasteiger partial charge < -0.3 is 4.74 Å².